The Hall–Kier alpha value is -3.66. The van der Waals surface area contributed by atoms with Crippen molar-refractivity contribution in [3.05, 3.63) is 59.9 Å². The van der Waals surface area contributed by atoms with Gasteiger partial charge in [0.15, 0.2) is 28.9 Å². The highest BCUT2D eigenvalue weighted by Crippen LogP contribution is 2.32. The first kappa shape index (κ1) is 24.5. The molecule has 35 heavy (non-hydrogen) atoms. The lowest BCUT2D eigenvalue weighted by atomic mass is 10.1. The van der Waals surface area contributed by atoms with Crippen molar-refractivity contribution in [3.8, 4) is 23.0 Å². The Labute approximate surface area is 202 Å². The van der Waals surface area contributed by atoms with Crippen LogP contribution in [0.1, 0.15) is 18.4 Å². The summed E-state index contributed by atoms with van der Waals surface area (Å²) in [5.41, 5.74) is 0.460. The molecule has 2 aromatic carbocycles. The molecule has 4 rings (SSSR count). The molecule has 186 valence electrons. The van der Waals surface area contributed by atoms with Gasteiger partial charge in [-0.1, -0.05) is 6.07 Å². The number of anilines is 2. The van der Waals surface area contributed by atoms with E-state index in [1.807, 2.05) is 24.3 Å². The van der Waals surface area contributed by atoms with Crippen molar-refractivity contribution in [3.63, 3.8) is 0 Å². The van der Waals surface area contributed by atoms with E-state index in [-0.39, 0.29) is 28.9 Å². The van der Waals surface area contributed by atoms with E-state index in [0.717, 1.165) is 43.4 Å². The molecule has 0 atom stereocenters. The number of halogens is 2. The monoisotopic (exact) mass is 486 g/mol. The highest BCUT2D eigenvalue weighted by molar-refractivity contribution is 5.55. The van der Waals surface area contributed by atoms with Crippen LogP contribution in [0.15, 0.2) is 42.7 Å². The van der Waals surface area contributed by atoms with Gasteiger partial charge < -0.3 is 29.2 Å². The lowest BCUT2D eigenvalue weighted by Crippen LogP contribution is -2.35. The van der Waals surface area contributed by atoms with Gasteiger partial charge in [0.1, 0.15) is 18.5 Å². The molecule has 0 saturated carbocycles. The number of nitrogens with one attached hydrogen (secondary N) is 1. The van der Waals surface area contributed by atoms with Crippen molar-refractivity contribution in [2.45, 2.75) is 25.6 Å². The van der Waals surface area contributed by atoms with Crippen LogP contribution in [0.5, 0.6) is 23.0 Å². The predicted octanol–water partition coefficient (Wildman–Crippen LogP) is 4.57. The second-order valence-corrected chi connectivity index (χ2v) is 8.19. The minimum absolute atomic E-state index is 0.139. The molecule has 0 spiro atoms. The number of ether oxygens (including phenoxy) is 4. The van der Waals surface area contributed by atoms with Gasteiger partial charge in [-0.25, -0.2) is 18.7 Å². The summed E-state index contributed by atoms with van der Waals surface area (Å²) in [6.07, 6.45) is 5.03. The first-order valence-corrected chi connectivity index (χ1v) is 11.2. The summed E-state index contributed by atoms with van der Waals surface area (Å²) in [5.74, 6) is -0.619. The van der Waals surface area contributed by atoms with E-state index >= 15 is 0 Å². The van der Waals surface area contributed by atoms with Gasteiger partial charge in [0.25, 0.3) is 0 Å². The average Bonchev–Trinajstić information content (AvgIpc) is 2.87. The molecule has 10 heteroatoms. The van der Waals surface area contributed by atoms with Crippen LogP contribution in [0.2, 0.25) is 0 Å². The maximum absolute atomic E-state index is 14.5. The second kappa shape index (κ2) is 11.2. The van der Waals surface area contributed by atoms with Crippen molar-refractivity contribution in [2.75, 3.05) is 39.7 Å². The number of piperidine rings is 1. The van der Waals surface area contributed by atoms with Crippen LogP contribution < -0.4 is 24.3 Å². The number of likely N-dealkylation sites (tertiary alicyclic amines) is 1. The molecule has 0 bridgehead atoms. The maximum Gasteiger partial charge on any atom is 0.227 e. The van der Waals surface area contributed by atoms with Gasteiger partial charge in [-0.3, -0.25) is 0 Å². The SMILES string of the molecule is COc1cc(OC)c(F)c(COc2cnc(Nc3cccc(OC4CCN(C)CC4)c3)nc2)c1F. The molecular formula is C25H28F2N4O4. The van der Waals surface area contributed by atoms with Gasteiger partial charge in [-0.15, -0.1) is 0 Å². The molecule has 1 N–H and O–H groups in total. The molecule has 1 saturated heterocycles. The van der Waals surface area contributed by atoms with Crippen LogP contribution in [0.4, 0.5) is 20.4 Å². The lowest BCUT2D eigenvalue weighted by molar-refractivity contribution is 0.114. The van der Waals surface area contributed by atoms with Crippen LogP contribution >= 0.6 is 0 Å². The van der Waals surface area contributed by atoms with Crippen molar-refractivity contribution in [1.82, 2.24) is 14.9 Å². The fraction of sp³-hybridized carbons (Fsp3) is 0.360. The molecule has 3 aromatic rings. The van der Waals surface area contributed by atoms with E-state index in [1.165, 1.54) is 26.6 Å². The van der Waals surface area contributed by atoms with Crippen LogP contribution in [-0.4, -0.2) is 55.3 Å². The molecule has 0 aliphatic carbocycles. The van der Waals surface area contributed by atoms with Gasteiger partial charge in [0.2, 0.25) is 5.95 Å². The van der Waals surface area contributed by atoms with Gasteiger partial charge >= 0.3 is 0 Å². The van der Waals surface area contributed by atoms with E-state index < -0.39 is 18.2 Å². The zero-order valence-corrected chi connectivity index (χ0v) is 19.9. The van der Waals surface area contributed by atoms with E-state index in [0.29, 0.717) is 5.95 Å². The summed E-state index contributed by atoms with van der Waals surface area (Å²) in [4.78, 5) is 10.7. The molecule has 0 radical (unpaired) electrons. The van der Waals surface area contributed by atoms with Crippen molar-refractivity contribution >= 4 is 11.6 Å². The second-order valence-electron chi connectivity index (χ2n) is 8.19. The number of hydrogen-bond donors (Lipinski definition) is 1. The third-order valence-electron chi connectivity index (χ3n) is 5.73. The van der Waals surface area contributed by atoms with E-state index in [2.05, 4.69) is 27.2 Å². The summed E-state index contributed by atoms with van der Waals surface area (Å²) in [6.45, 7) is 1.66. The molecular weight excluding hydrogens is 458 g/mol. The fourth-order valence-corrected chi connectivity index (χ4v) is 3.75. The zero-order valence-electron chi connectivity index (χ0n) is 19.9. The minimum atomic E-state index is -0.854. The average molecular weight is 487 g/mol. The number of rotatable bonds is 9. The molecule has 0 amide bonds. The molecule has 1 aromatic heterocycles. The van der Waals surface area contributed by atoms with Gasteiger partial charge in [-0.2, -0.15) is 0 Å². The number of aromatic nitrogens is 2. The molecule has 1 fully saturated rings. The standard InChI is InChI=1S/C25H28F2N4O4/c1-31-9-7-17(8-10-31)35-18-6-4-5-16(11-18)30-25-28-13-19(14-29-25)34-15-20-23(26)21(32-2)12-22(33-3)24(20)27/h4-6,11-14,17H,7-10,15H2,1-3H3,(H,28,29,30). The summed E-state index contributed by atoms with van der Waals surface area (Å²) in [7, 11) is 4.69. The Kier molecular flexibility index (Phi) is 7.81. The van der Waals surface area contributed by atoms with E-state index in [1.54, 1.807) is 0 Å². The Morgan fingerprint density at radius 3 is 2.26 bits per heavy atom. The minimum Gasteiger partial charge on any atom is -0.494 e. The normalized spacial score (nSPS) is 14.4. The highest BCUT2D eigenvalue weighted by Gasteiger charge is 2.21. The summed E-state index contributed by atoms with van der Waals surface area (Å²) >= 11 is 0. The topological polar surface area (TPSA) is 78.0 Å². The van der Waals surface area contributed by atoms with Gasteiger partial charge in [-0.05, 0) is 32.0 Å². The van der Waals surface area contributed by atoms with Crippen molar-refractivity contribution in [2.24, 2.45) is 0 Å². The molecule has 0 unspecified atom stereocenters. The fourth-order valence-electron chi connectivity index (χ4n) is 3.75. The largest absolute Gasteiger partial charge is 0.494 e. The summed E-state index contributed by atoms with van der Waals surface area (Å²) in [5, 5.41) is 3.12. The van der Waals surface area contributed by atoms with Gasteiger partial charge in [0.05, 0.1) is 32.2 Å². The van der Waals surface area contributed by atoms with Crippen LogP contribution in [-0.2, 0) is 6.61 Å². The van der Waals surface area contributed by atoms with E-state index in [4.69, 9.17) is 18.9 Å². The Morgan fingerprint density at radius 1 is 0.971 bits per heavy atom. The number of methoxy groups -OCH3 is 2. The van der Waals surface area contributed by atoms with Crippen LogP contribution in [0.25, 0.3) is 0 Å². The smallest absolute Gasteiger partial charge is 0.227 e. The van der Waals surface area contributed by atoms with Crippen molar-refractivity contribution in [1.29, 1.82) is 0 Å². The van der Waals surface area contributed by atoms with Crippen LogP contribution in [0, 0.1) is 11.6 Å². The maximum atomic E-state index is 14.5. The summed E-state index contributed by atoms with van der Waals surface area (Å²) < 4.78 is 50.5. The molecule has 1 aliphatic heterocycles. The first-order chi connectivity index (χ1) is 17.0. The van der Waals surface area contributed by atoms with E-state index in [9.17, 15) is 8.78 Å². The molecule has 8 nitrogen and oxygen atoms in total. The first-order valence-electron chi connectivity index (χ1n) is 11.2. The lowest BCUT2D eigenvalue weighted by Gasteiger charge is -2.29. The Morgan fingerprint density at radius 2 is 1.63 bits per heavy atom. The Balaban J connectivity index is 1.37. The third-order valence-corrected chi connectivity index (χ3v) is 5.73. The Bertz CT molecular complexity index is 1110. The highest BCUT2D eigenvalue weighted by atomic mass is 19.1. The quantitative estimate of drug-likeness (QED) is 0.472. The number of nitrogens with zero attached hydrogens (tertiary/aromatic N) is 3. The zero-order chi connectivity index (χ0) is 24.8. The molecule has 1 aliphatic rings. The van der Waals surface area contributed by atoms with Crippen molar-refractivity contribution < 1.29 is 27.7 Å². The summed E-state index contributed by atoms with van der Waals surface area (Å²) in [6, 6.07) is 8.75. The number of benzene rings is 2. The number of hydrogen-bond acceptors (Lipinski definition) is 8. The third kappa shape index (κ3) is 6.07. The molecule has 2 heterocycles. The predicted molar refractivity (Wildman–Crippen MR) is 127 cm³/mol. The van der Waals surface area contributed by atoms with Gasteiger partial charge in [0, 0.05) is 30.9 Å². The van der Waals surface area contributed by atoms with Crippen LogP contribution in [0.3, 0.4) is 0 Å².